The second-order valence-corrected chi connectivity index (χ2v) is 10.2. The number of urea groups is 1. The molecule has 0 saturated carbocycles. The number of esters is 1. The van der Waals surface area contributed by atoms with Crippen LogP contribution in [0, 0.1) is 0 Å². The van der Waals surface area contributed by atoms with Gasteiger partial charge >= 0.3 is 19.8 Å². The molecule has 0 bridgehead atoms. The first-order valence-corrected chi connectivity index (χ1v) is 13.9. The summed E-state index contributed by atoms with van der Waals surface area (Å²) < 4.78 is 21.4. The van der Waals surface area contributed by atoms with Crippen LogP contribution in [0.2, 0.25) is 0 Å². The molecular weight excluding hydrogens is 483 g/mol. The average Bonchev–Trinajstić information content (AvgIpc) is 2.87. The molecule has 3 N–H and O–H groups in total. The van der Waals surface area contributed by atoms with Crippen molar-refractivity contribution in [1.82, 2.24) is 10.2 Å². The van der Waals surface area contributed by atoms with Crippen LogP contribution >= 0.6 is 7.82 Å². The van der Waals surface area contributed by atoms with Crippen molar-refractivity contribution in [2.45, 2.75) is 57.0 Å². The molecule has 1 saturated heterocycles. The number of phosphoric ester groups is 1. The number of hydrogen-bond donors (Lipinski definition) is 3. The van der Waals surface area contributed by atoms with E-state index in [0.29, 0.717) is 26.0 Å². The largest absolute Gasteiger partial charge is 0.469 e. The first-order valence-electron chi connectivity index (χ1n) is 12.3. The summed E-state index contributed by atoms with van der Waals surface area (Å²) >= 11 is 0. The van der Waals surface area contributed by atoms with Crippen molar-refractivity contribution < 1.29 is 33.2 Å². The fraction of sp³-hybridized carbons (Fsp3) is 0.462. The van der Waals surface area contributed by atoms with E-state index in [1.165, 1.54) is 10.5 Å². The second-order valence-electron chi connectivity index (χ2n) is 8.94. The van der Waals surface area contributed by atoms with Crippen LogP contribution in [0.25, 0.3) is 0 Å². The third kappa shape index (κ3) is 9.74. The number of hydrogen-bond acceptors (Lipinski definition) is 5. The number of carbonyl (C=O) groups is 2. The Kier molecular flexibility index (Phi) is 10.9. The monoisotopic (exact) mass is 518 g/mol. The average molecular weight is 519 g/mol. The van der Waals surface area contributed by atoms with Gasteiger partial charge in [-0.15, -0.1) is 0 Å². The normalized spacial score (nSPS) is 16.8. The smallest absolute Gasteiger partial charge is 0.464 e. The molecule has 2 atom stereocenters. The number of nitrogens with zero attached hydrogens (tertiary/aromatic N) is 1. The van der Waals surface area contributed by atoms with E-state index in [4.69, 9.17) is 14.5 Å². The predicted molar refractivity (Wildman–Crippen MR) is 135 cm³/mol. The Morgan fingerprint density at radius 2 is 1.67 bits per heavy atom. The number of unbranched alkanes of at least 4 members (excludes halogenated alkanes) is 1. The van der Waals surface area contributed by atoms with Crippen molar-refractivity contribution in [2.75, 3.05) is 19.8 Å². The van der Waals surface area contributed by atoms with Crippen LogP contribution in [0.5, 0.6) is 0 Å². The van der Waals surface area contributed by atoms with Gasteiger partial charge in [0.1, 0.15) is 6.04 Å². The Hall–Kier alpha value is -2.71. The number of ether oxygens (including phenoxy) is 1. The van der Waals surface area contributed by atoms with Crippen LogP contribution in [0.3, 0.4) is 0 Å². The van der Waals surface area contributed by atoms with E-state index < -0.39 is 31.9 Å². The van der Waals surface area contributed by atoms with Crippen molar-refractivity contribution in [3.8, 4) is 0 Å². The summed E-state index contributed by atoms with van der Waals surface area (Å²) in [7, 11) is -4.71. The first-order chi connectivity index (χ1) is 17.3. The number of nitrogens with one attached hydrogen (secondary N) is 1. The van der Waals surface area contributed by atoms with Gasteiger partial charge in [-0.1, -0.05) is 60.7 Å². The molecule has 0 aliphatic carbocycles. The van der Waals surface area contributed by atoms with E-state index >= 15 is 0 Å². The Morgan fingerprint density at radius 3 is 2.33 bits per heavy atom. The molecule has 2 aromatic rings. The van der Waals surface area contributed by atoms with Crippen molar-refractivity contribution in [3.63, 3.8) is 0 Å². The molecule has 10 heteroatoms. The van der Waals surface area contributed by atoms with Crippen molar-refractivity contribution in [1.29, 1.82) is 0 Å². The molecule has 9 nitrogen and oxygen atoms in total. The maximum absolute atomic E-state index is 13.1. The zero-order valence-electron chi connectivity index (χ0n) is 20.3. The minimum absolute atomic E-state index is 0.296. The molecule has 1 unspecified atom stereocenters. The fourth-order valence-corrected chi connectivity index (χ4v) is 4.63. The van der Waals surface area contributed by atoms with Gasteiger partial charge in [0.05, 0.1) is 19.3 Å². The summed E-state index contributed by atoms with van der Waals surface area (Å²) in [4.78, 5) is 45.6. The highest BCUT2D eigenvalue weighted by molar-refractivity contribution is 7.46. The molecule has 196 valence electrons. The number of aryl methyl sites for hydroxylation is 1. The maximum Gasteiger partial charge on any atom is 0.469 e. The van der Waals surface area contributed by atoms with Gasteiger partial charge in [-0.3, -0.25) is 4.52 Å². The number of amides is 2. The molecule has 36 heavy (non-hydrogen) atoms. The summed E-state index contributed by atoms with van der Waals surface area (Å²) in [6.07, 6.45) is 4.94. The molecule has 1 aliphatic heterocycles. The SMILES string of the molecule is O=C(OCCCCc1ccccc1)[C@@H]1CCCCN1C(=O)NC(COP(=O)(O)O)Cc1ccccc1. The lowest BCUT2D eigenvalue weighted by Gasteiger charge is -2.35. The fourth-order valence-electron chi connectivity index (χ4n) is 4.26. The highest BCUT2D eigenvalue weighted by Gasteiger charge is 2.34. The van der Waals surface area contributed by atoms with Gasteiger partial charge in [-0.2, -0.15) is 0 Å². The third-order valence-electron chi connectivity index (χ3n) is 6.08. The zero-order valence-corrected chi connectivity index (χ0v) is 21.2. The van der Waals surface area contributed by atoms with Gasteiger partial charge in [-0.05, 0) is 56.1 Å². The molecule has 2 aromatic carbocycles. The summed E-state index contributed by atoms with van der Waals surface area (Å²) in [5.41, 5.74) is 2.12. The highest BCUT2D eigenvalue weighted by atomic mass is 31.2. The molecule has 2 amide bonds. The lowest BCUT2D eigenvalue weighted by atomic mass is 10.0. The highest BCUT2D eigenvalue weighted by Crippen LogP contribution is 2.35. The number of carbonyl (C=O) groups excluding carboxylic acids is 2. The van der Waals surface area contributed by atoms with Gasteiger partial charge in [-0.25, -0.2) is 14.2 Å². The molecule has 1 aliphatic rings. The van der Waals surface area contributed by atoms with E-state index in [1.54, 1.807) is 0 Å². The van der Waals surface area contributed by atoms with Crippen LogP contribution in [-0.4, -0.2) is 58.5 Å². The molecule has 0 aromatic heterocycles. The minimum Gasteiger partial charge on any atom is -0.464 e. The number of phosphoric acid groups is 1. The van der Waals surface area contributed by atoms with Crippen LogP contribution in [0.1, 0.15) is 43.2 Å². The minimum atomic E-state index is -4.71. The van der Waals surface area contributed by atoms with E-state index in [9.17, 15) is 14.2 Å². The third-order valence-corrected chi connectivity index (χ3v) is 6.56. The van der Waals surface area contributed by atoms with Crippen LogP contribution in [0.4, 0.5) is 4.79 Å². The molecular formula is C26H35N2O7P. The number of rotatable bonds is 12. The van der Waals surface area contributed by atoms with E-state index in [1.807, 2.05) is 48.5 Å². The Morgan fingerprint density at radius 1 is 1.00 bits per heavy atom. The standard InChI is InChI=1S/C26H35N2O7P/c29-25(34-18-10-8-13-21-11-3-1-4-12-21)24-16-7-9-17-28(24)26(30)27-23(20-35-36(31,32)33)19-22-14-5-2-6-15-22/h1-6,11-12,14-15,23-24H,7-10,13,16-20H2,(H,27,30)(H2,31,32,33)/t23?,24-/m0/s1. The lowest BCUT2D eigenvalue weighted by Crippen LogP contribution is -2.55. The maximum atomic E-state index is 13.1. The van der Waals surface area contributed by atoms with Crippen LogP contribution in [0.15, 0.2) is 60.7 Å². The lowest BCUT2D eigenvalue weighted by molar-refractivity contribution is -0.150. The van der Waals surface area contributed by atoms with Gasteiger partial charge in [0.25, 0.3) is 0 Å². The molecule has 3 rings (SSSR count). The van der Waals surface area contributed by atoms with E-state index in [2.05, 4.69) is 22.0 Å². The van der Waals surface area contributed by atoms with E-state index in [-0.39, 0.29) is 6.61 Å². The predicted octanol–water partition coefficient (Wildman–Crippen LogP) is 3.84. The van der Waals surface area contributed by atoms with Gasteiger partial charge < -0.3 is 24.7 Å². The molecule has 1 fully saturated rings. The van der Waals surface area contributed by atoms with Crippen molar-refractivity contribution in [2.24, 2.45) is 0 Å². The quantitative estimate of drug-likeness (QED) is 0.221. The summed E-state index contributed by atoms with van der Waals surface area (Å²) in [6.45, 7) is 0.330. The number of benzene rings is 2. The second kappa shape index (κ2) is 14.1. The molecule has 0 spiro atoms. The Labute approximate surface area is 212 Å². The molecule has 0 radical (unpaired) electrons. The van der Waals surface area contributed by atoms with Crippen molar-refractivity contribution >= 4 is 19.8 Å². The van der Waals surface area contributed by atoms with Gasteiger partial charge in [0.2, 0.25) is 0 Å². The van der Waals surface area contributed by atoms with Crippen LogP contribution < -0.4 is 5.32 Å². The first kappa shape index (κ1) is 27.9. The number of likely N-dealkylation sites (tertiary alicyclic amines) is 1. The Bertz CT molecular complexity index is 1000. The summed E-state index contributed by atoms with van der Waals surface area (Å²) in [6, 6.07) is 17.5. The zero-order chi connectivity index (χ0) is 25.8. The summed E-state index contributed by atoms with van der Waals surface area (Å²) in [5, 5.41) is 2.80. The number of piperidine rings is 1. The topological polar surface area (TPSA) is 125 Å². The van der Waals surface area contributed by atoms with Gasteiger partial charge in [0, 0.05) is 6.54 Å². The van der Waals surface area contributed by atoms with Crippen molar-refractivity contribution in [3.05, 3.63) is 71.8 Å². The van der Waals surface area contributed by atoms with Gasteiger partial charge in [0.15, 0.2) is 0 Å². The molecule has 1 heterocycles. The Balaban J connectivity index is 1.53. The van der Waals surface area contributed by atoms with Crippen LogP contribution in [-0.2, 0) is 31.5 Å². The van der Waals surface area contributed by atoms with E-state index in [0.717, 1.165) is 37.7 Å². The summed E-state index contributed by atoms with van der Waals surface area (Å²) in [5.74, 6) is -0.421.